The molecular formula is C18H22F2N4. The molecule has 0 N–H and O–H groups in total. The number of likely N-dealkylation sites (N-methyl/N-ethyl adjacent to an activating group) is 1. The Hall–Kier alpha value is -2.08. The zero-order valence-electron chi connectivity index (χ0n) is 14.0. The Kier molecular flexibility index (Phi) is 5.04. The molecule has 1 unspecified atom stereocenters. The minimum Gasteiger partial charge on any atom is -0.340 e. The molecule has 0 amide bonds. The van der Waals surface area contributed by atoms with E-state index in [4.69, 9.17) is 0 Å². The van der Waals surface area contributed by atoms with Crippen LogP contribution in [0.15, 0.2) is 30.6 Å². The van der Waals surface area contributed by atoms with Crippen LogP contribution in [-0.2, 0) is 6.54 Å². The van der Waals surface area contributed by atoms with Crippen molar-refractivity contribution >= 4 is 5.95 Å². The SMILES string of the molecule is Cc1cnc(N(C)C2CCCN(Cc3cc(F)cc(F)c3)C2)nc1. The van der Waals surface area contributed by atoms with Crippen LogP contribution >= 0.6 is 0 Å². The molecule has 1 aliphatic heterocycles. The van der Waals surface area contributed by atoms with Crippen LogP contribution in [0.3, 0.4) is 0 Å². The number of anilines is 1. The van der Waals surface area contributed by atoms with Crippen molar-refractivity contribution in [3.05, 3.63) is 53.4 Å². The first-order valence-electron chi connectivity index (χ1n) is 8.20. The number of aromatic nitrogens is 2. The average molecular weight is 332 g/mol. The monoisotopic (exact) mass is 332 g/mol. The van der Waals surface area contributed by atoms with E-state index >= 15 is 0 Å². The van der Waals surface area contributed by atoms with Gasteiger partial charge in [-0.15, -0.1) is 0 Å². The summed E-state index contributed by atoms with van der Waals surface area (Å²) in [6.45, 7) is 4.26. The van der Waals surface area contributed by atoms with Crippen LogP contribution < -0.4 is 4.90 Å². The van der Waals surface area contributed by atoms with Gasteiger partial charge in [0.05, 0.1) is 0 Å². The largest absolute Gasteiger partial charge is 0.340 e. The lowest BCUT2D eigenvalue weighted by atomic mass is 10.0. The van der Waals surface area contributed by atoms with Crippen molar-refractivity contribution in [2.75, 3.05) is 25.0 Å². The van der Waals surface area contributed by atoms with Crippen LogP contribution in [0.2, 0.25) is 0 Å². The molecule has 2 aromatic rings. The number of rotatable bonds is 4. The van der Waals surface area contributed by atoms with Gasteiger partial charge in [-0.1, -0.05) is 0 Å². The molecule has 24 heavy (non-hydrogen) atoms. The molecule has 0 aliphatic carbocycles. The lowest BCUT2D eigenvalue weighted by Crippen LogP contribution is -2.46. The first-order chi connectivity index (χ1) is 11.5. The maximum absolute atomic E-state index is 13.4. The van der Waals surface area contributed by atoms with Crippen molar-refractivity contribution in [3.63, 3.8) is 0 Å². The van der Waals surface area contributed by atoms with Crippen LogP contribution in [0.1, 0.15) is 24.0 Å². The molecule has 1 atom stereocenters. The predicted molar refractivity (Wildman–Crippen MR) is 89.8 cm³/mol. The molecule has 1 fully saturated rings. The highest BCUT2D eigenvalue weighted by atomic mass is 19.1. The summed E-state index contributed by atoms with van der Waals surface area (Å²) in [5, 5.41) is 0. The van der Waals surface area contributed by atoms with E-state index in [-0.39, 0.29) is 0 Å². The van der Waals surface area contributed by atoms with E-state index in [0.717, 1.165) is 37.6 Å². The molecule has 6 heteroatoms. The second kappa shape index (κ2) is 7.21. The molecule has 3 rings (SSSR count). The fourth-order valence-electron chi connectivity index (χ4n) is 3.18. The molecule has 1 aromatic carbocycles. The number of piperidine rings is 1. The Bertz CT molecular complexity index is 670. The maximum atomic E-state index is 13.4. The zero-order chi connectivity index (χ0) is 17.1. The summed E-state index contributed by atoms with van der Waals surface area (Å²) >= 11 is 0. The van der Waals surface area contributed by atoms with E-state index in [9.17, 15) is 8.78 Å². The topological polar surface area (TPSA) is 32.3 Å². The van der Waals surface area contributed by atoms with Crippen LogP contribution in [0.5, 0.6) is 0 Å². The fourth-order valence-corrected chi connectivity index (χ4v) is 3.18. The quantitative estimate of drug-likeness (QED) is 0.861. The van der Waals surface area contributed by atoms with E-state index in [2.05, 4.69) is 19.8 Å². The molecule has 0 bridgehead atoms. The first kappa shape index (κ1) is 16.8. The van der Waals surface area contributed by atoms with E-state index in [1.165, 1.54) is 12.1 Å². The van der Waals surface area contributed by atoms with Gasteiger partial charge in [-0.05, 0) is 49.6 Å². The van der Waals surface area contributed by atoms with Crippen molar-refractivity contribution < 1.29 is 8.78 Å². The number of halogens is 2. The molecule has 2 heterocycles. The molecule has 0 spiro atoms. The number of likely N-dealkylation sites (tertiary alicyclic amines) is 1. The van der Waals surface area contributed by atoms with Gasteiger partial charge in [0.1, 0.15) is 11.6 Å². The lowest BCUT2D eigenvalue weighted by molar-refractivity contribution is 0.197. The van der Waals surface area contributed by atoms with Crippen molar-refractivity contribution in [2.24, 2.45) is 0 Å². The van der Waals surface area contributed by atoms with Crippen LogP contribution in [0, 0.1) is 18.6 Å². The van der Waals surface area contributed by atoms with Crippen molar-refractivity contribution in [2.45, 2.75) is 32.4 Å². The summed E-state index contributed by atoms with van der Waals surface area (Å²) in [5.74, 6) is -0.336. The molecular weight excluding hydrogens is 310 g/mol. The number of nitrogens with zero attached hydrogens (tertiary/aromatic N) is 4. The van der Waals surface area contributed by atoms with Gasteiger partial charge in [-0.2, -0.15) is 0 Å². The van der Waals surface area contributed by atoms with E-state index < -0.39 is 11.6 Å². The van der Waals surface area contributed by atoms with Crippen molar-refractivity contribution in [1.29, 1.82) is 0 Å². The van der Waals surface area contributed by atoms with Gasteiger partial charge >= 0.3 is 0 Å². The van der Waals surface area contributed by atoms with Gasteiger partial charge in [0.25, 0.3) is 0 Å². The standard InChI is InChI=1S/C18H22F2N4/c1-13-9-21-18(22-10-13)23(2)17-4-3-5-24(12-17)11-14-6-15(19)8-16(20)7-14/h6-10,17H,3-5,11-12H2,1-2H3. The second-order valence-electron chi connectivity index (χ2n) is 6.48. The summed E-state index contributed by atoms with van der Waals surface area (Å²) in [5.41, 5.74) is 1.70. The van der Waals surface area contributed by atoms with E-state index in [0.29, 0.717) is 24.1 Å². The van der Waals surface area contributed by atoms with E-state index in [1.807, 2.05) is 26.4 Å². The van der Waals surface area contributed by atoms with Crippen LogP contribution in [0.4, 0.5) is 14.7 Å². The highest BCUT2D eigenvalue weighted by molar-refractivity contribution is 5.30. The number of hydrogen-bond acceptors (Lipinski definition) is 4. The Morgan fingerprint density at radius 2 is 1.83 bits per heavy atom. The highest BCUT2D eigenvalue weighted by Gasteiger charge is 2.24. The average Bonchev–Trinajstić information content (AvgIpc) is 2.54. The number of aryl methyl sites for hydroxylation is 1. The molecule has 1 aromatic heterocycles. The van der Waals surface area contributed by atoms with Gasteiger partial charge in [0, 0.05) is 44.6 Å². The maximum Gasteiger partial charge on any atom is 0.225 e. The van der Waals surface area contributed by atoms with Crippen molar-refractivity contribution in [1.82, 2.24) is 14.9 Å². The Morgan fingerprint density at radius 3 is 2.50 bits per heavy atom. The predicted octanol–water partition coefficient (Wildman–Crippen LogP) is 3.16. The summed E-state index contributed by atoms with van der Waals surface area (Å²) in [4.78, 5) is 13.1. The third kappa shape index (κ3) is 4.06. The van der Waals surface area contributed by atoms with Gasteiger partial charge in [0.15, 0.2) is 0 Å². The Morgan fingerprint density at radius 1 is 1.17 bits per heavy atom. The molecule has 1 saturated heterocycles. The van der Waals surface area contributed by atoms with Gasteiger partial charge in [-0.3, -0.25) is 4.90 Å². The Labute approximate surface area is 141 Å². The van der Waals surface area contributed by atoms with Gasteiger partial charge < -0.3 is 4.90 Å². The minimum absolute atomic E-state index is 0.292. The molecule has 1 aliphatic rings. The first-order valence-corrected chi connectivity index (χ1v) is 8.20. The van der Waals surface area contributed by atoms with Gasteiger partial charge in [-0.25, -0.2) is 18.7 Å². The molecule has 0 radical (unpaired) electrons. The van der Waals surface area contributed by atoms with Crippen molar-refractivity contribution in [3.8, 4) is 0 Å². The van der Waals surface area contributed by atoms with E-state index in [1.54, 1.807) is 0 Å². The highest BCUT2D eigenvalue weighted by Crippen LogP contribution is 2.20. The number of hydrogen-bond donors (Lipinski definition) is 0. The lowest BCUT2D eigenvalue weighted by Gasteiger charge is -2.37. The van der Waals surface area contributed by atoms with Crippen LogP contribution in [0.25, 0.3) is 0 Å². The summed E-state index contributed by atoms with van der Waals surface area (Å²) in [6.07, 6.45) is 5.73. The minimum atomic E-state index is -0.524. The molecule has 128 valence electrons. The Balaban J connectivity index is 1.66. The fraction of sp³-hybridized carbons (Fsp3) is 0.444. The third-order valence-corrected chi connectivity index (χ3v) is 4.44. The number of benzene rings is 1. The zero-order valence-corrected chi connectivity index (χ0v) is 14.0. The smallest absolute Gasteiger partial charge is 0.225 e. The van der Waals surface area contributed by atoms with Crippen LogP contribution in [-0.4, -0.2) is 41.0 Å². The summed E-state index contributed by atoms with van der Waals surface area (Å²) < 4.78 is 26.7. The third-order valence-electron chi connectivity index (χ3n) is 4.44. The second-order valence-corrected chi connectivity index (χ2v) is 6.48. The summed E-state index contributed by atoms with van der Waals surface area (Å²) in [6, 6.07) is 4.00. The normalized spacial score (nSPS) is 18.6. The summed E-state index contributed by atoms with van der Waals surface area (Å²) in [7, 11) is 2.00. The molecule has 4 nitrogen and oxygen atoms in total. The van der Waals surface area contributed by atoms with Gasteiger partial charge in [0.2, 0.25) is 5.95 Å². The molecule has 0 saturated carbocycles.